The van der Waals surface area contributed by atoms with Crippen molar-refractivity contribution in [3.63, 3.8) is 0 Å². The SMILES string of the molecule is CCc1ccc(N2C(=O)C(O)=C(C(=O)CCc3ccccc3)C2c2ccc(O)c(Cl)c2)cc1. The minimum Gasteiger partial charge on any atom is -0.506 e. The van der Waals surface area contributed by atoms with Gasteiger partial charge >= 0.3 is 0 Å². The number of ketones is 1. The van der Waals surface area contributed by atoms with Crippen LogP contribution in [0.25, 0.3) is 0 Å². The number of aryl methyl sites for hydroxylation is 2. The smallest absolute Gasteiger partial charge is 0.294 e. The fourth-order valence-corrected chi connectivity index (χ4v) is 4.28. The van der Waals surface area contributed by atoms with E-state index in [9.17, 15) is 19.8 Å². The Kier molecular flexibility index (Phi) is 6.52. The summed E-state index contributed by atoms with van der Waals surface area (Å²) in [7, 11) is 0. The van der Waals surface area contributed by atoms with E-state index in [1.807, 2.05) is 49.4 Å². The molecule has 1 unspecified atom stereocenters. The molecule has 0 radical (unpaired) electrons. The monoisotopic (exact) mass is 461 g/mol. The summed E-state index contributed by atoms with van der Waals surface area (Å²) in [6, 6.07) is 20.7. The Hall–Kier alpha value is -3.57. The van der Waals surface area contributed by atoms with Crippen molar-refractivity contribution >= 4 is 29.0 Å². The highest BCUT2D eigenvalue weighted by atomic mass is 35.5. The predicted molar refractivity (Wildman–Crippen MR) is 129 cm³/mol. The number of carbonyl (C=O) groups excluding carboxylic acids is 2. The van der Waals surface area contributed by atoms with Gasteiger partial charge in [0.15, 0.2) is 11.5 Å². The lowest BCUT2D eigenvalue weighted by atomic mass is 9.93. The molecule has 5 nitrogen and oxygen atoms in total. The van der Waals surface area contributed by atoms with Gasteiger partial charge in [-0.05, 0) is 53.8 Å². The van der Waals surface area contributed by atoms with Gasteiger partial charge < -0.3 is 10.2 Å². The number of hydrogen-bond acceptors (Lipinski definition) is 4. The maximum Gasteiger partial charge on any atom is 0.294 e. The van der Waals surface area contributed by atoms with Crippen LogP contribution in [-0.2, 0) is 22.4 Å². The fraction of sp³-hybridized carbons (Fsp3) is 0.185. The third-order valence-corrected chi connectivity index (χ3v) is 6.21. The van der Waals surface area contributed by atoms with Crippen LogP contribution in [0, 0.1) is 0 Å². The summed E-state index contributed by atoms with van der Waals surface area (Å²) in [5.74, 6) is -1.61. The van der Waals surface area contributed by atoms with Crippen LogP contribution >= 0.6 is 11.6 Å². The van der Waals surface area contributed by atoms with Crippen LogP contribution in [0.2, 0.25) is 5.02 Å². The van der Waals surface area contributed by atoms with Gasteiger partial charge in [-0.25, -0.2) is 0 Å². The highest BCUT2D eigenvalue weighted by Crippen LogP contribution is 2.43. The number of benzene rings is 3. The van der Waals surface area contributed by atoms with Gasteiger partial charge in [0.25, 0.3) is 5.91 Å². The molecule has 1 atom stereocenters. The molecule has 1 aliphatic heterocycles. The van der Waals surface area contributed by atoms with Crippen molar-refractivity contribution in [3.05, 3.63) is 106 Å². The first kappa shape index (κ1) is 22.6. The molecule has 33 heavy (non-hydrogen) atoms. The molecule has 0 bridgehead atoms. The Morgan fingerprint density at radius 1 is 0.970 bits per heavy atom. The minimum absolute atomic E-state index is 0.0391. The number of rotatable bonds is 7. The van der Waals surface area contributed by atoms with E-state index >= 15 is 0 Å². The van der Waals surface area contributed by atoms with E-state index in [1.54, 1.807) is 18.2 Å². The number of phenolic OH excluding ortho intramolecular Hbond substituents is 1. The molecule has 3 aromatic rings. The number of carbonyl (C=O) groups is 2. The van der Waals surface area contributed by atoms with Gasteiger partial charge in [-0.15, -0.1) is 0 Å². The van der Waals surface area contributed by atoms with Crippen molar-refractivity contribution in [2.45, 2.75) is 32.2 Å². The standard InChI is InChI=1S/C27H24ClNO4/c1-2-17-8-12-20(13-9-17)29-25(19-11-15-22(30)21(28)16-19)24(26(32)27(29)33)23(31)14-10-18-6-4-3-5-7-18/h3-9,11-13,15-16,25,30,32H,2,10,14H2,1H3. The molecule has 3 aromatic carbocycles. The Labute approximate surface area is 197 Å². The number of nitrogens with zero attached hydrogens (tertiary/aromatic N) is 1. The Morgan fingerprint density at radius 3 is 2.30 bits per heavy atom. The summed E-state index contributed by atoms with van der Waals surface area (Å²) in [6.45, 7) is 2.04. The molecule has 168 valence electrons. The van der Waals surface area contributed by atoms with Crippen LogP contribution in [0.1, 0.15) is 36.1 Å². The number of Topliss-reactive ketones (excluding diaryl/α,β-unsaturated/α-hetero) is 1. The maximum absolute atomic E-state index is 13.3. The Balaban J connectivity index is 1.74. The van der Waals surface area contributed by atoms with Crippen molar-refractivity contribution in [1.29, 1.82) is 0 Å². The summed E-state index contributed by atoms with van der Waals surface area (Å²) in [4.78, 5) is 27.9. The molecule has 0 saturated carbocycles. The van der Waals surface area contributed by atoms with E-state index in [4.69, 9.17) is 11.6 Å². The van der Waals surface area contributed by atoms with E-state index < -0.39 is 17.7 Å². The van der Waals surface area contributed by atoms with E-state index in [0.29, 0.717) is 17.7 Å². The van der Waals surface area contributed by atoms with Crippen LogP contribution < -0.4 is 4.90 Å². The summed E-state index contributed by atoms with van der Waals surface area (Å²) in [5.41, 5.74) is 3.22. The highest BCUT2D eigenvalue weighted by molar-refractivity contribution is 6.32. The van der Waals surface area contributed by atoms with Gasteiger partial charge in [0, 0.05) is 12.1 Å². The molecule has 0 aliphatic carbocycles. The normalized spacial score (nSPS) is 15.9. The number of aliphatic hydroxyl groups is 1. The van der Waals surface area contributed by atoms with Crippen LogP contribution in [0.5, 0.6) is 5.75 Å². The molecule has 4 rings (SSSR count). The summed E-state index contributed by atoms with van der Waals surface area (Å²) < 4.78 is 0. The van der Waals surface area contributed by atoms with E-state index in [0.717, 1.165) is 17.5 Å². The topological polar surface area (TPSA) is 77.8 Å². The van der Waals surface area contributed by atoms with E-state index in [2.05, 4.69) is 0 Å². The quantitative estimate of drug-likeness (QED) is 0.472. The van der Waals surface area contributed by atoms with Crippen molar-refractivity contribution in [2.24, 2.45) is 0 Å². The van der Waals surface area contributed by atoms with Crippen molar-refractivity contribution in [1.82, 2.24) is 0 Å². The third kappa shape index (κ3) is 4.50. The van der Waals surface area contributed by atoms with E-state index in [1.165, 1.54) is 17.0 Å². The van der Waals surface area contributed by atoms with Gasteiger partial charge in [0.1, 0.15) is 5.75 Å². The zero-order valence-corrected chi connectivity index (χ0v) is 18.9. The summed E-state index contributed by atoms with van der Waals surface area (Å²) in [6.07, 6.45) is 1.47. The Morgan fingerprint density at radius 2 is 1.67 bits per heavy atom. The van der Waals surface area contributed by atoms with Gasteiger partial charge in [-0.1, -0.05) is 67.1 Å². The fourth-order valence-electron chi connectivity index (χ4n) is 4.09. The second kappa shape index (κ2) is 9.51. The number of phenols is 1. The lowest BCUT2D eigenvalue weighted by Crippen LogP contribution is -2.31. The largest absolute Gasteiger partial charge is 0.506 e. The molecule has 6 heteroatoms. The molecule has 0 spiro atoms. The van der Waals surface area contributed by atoms with Gasteiger partial charge in [0.05, 0.1) is 16.6 Å². The van der Waals surface area contributed by atoms with Gasteiger partial charge in [-0.2, -0.15) is 0 Å². The first-order chi connectivity index (χ1) is 15.9. The number of anilines is 1. The van der Waals surface area contributed by atoms with Crippen molar-refractivity contribution in [3.8, 4) is 5.75 Å². The minimum atomic E-state index is -0.855. The van der Waals surface area contributed by atoms with Crippen molar-refractivity contribution < 1.29 is 19.8 Å². The van der Waals surface area contributed by atoms with Crippen LogP contribution in [0.15, 0.2) is 84.1 Å². The lowest BCUT2D eigenvalue weighted by molar-refractivity contribution is -0.118. The molecule has 1 amide bonds. The summed E-state index contributed by atoms with van der Waals surface area (Å²) >= 11 is 6.15. The molecule has 0 fully saturated rings. The maximum atomic E-state index is 13.3. The highest BCUT2D eigenvalue weighted by Gasteiger charge is 2.44. The number of hydrogen-bond donors (Lipinski definition) is 2. The van der Waals surface area contributed by atoms with Crippen LogP contribution in [0.4, 0.5) is 5.69 Å². The van der Waals surface area contributed by atoms with Crippen LogP contribution in [-0.4, -0.2) is 21.9 Å². The molecule has 0 aromatic heterocycles. The molecule has 2 N–H and O–H groups in total. The molecule has 0 saturated heterocycles. The zero-order chi connectivity index (χ0) is 23.5. The van der Waals surface area contributed by atoms with Crippen LogP contribution in [0.3, 0.4) is 0 Å². The molecule has 1 heterocycles. The number of amides is 1. The lowest BCUT2D eigenvalue weighted by Gasteiger charge is -2.27. The Bertz CT molecular complexity index is 1220. The first-order valence-corrected chi connectivity index (χ1v) is 11.2. The predicted octanol–water partition coefficient (Wildman–Crippen LogP) is 5.71. The zero-order valence-electron chi connectivity index (χ0n) is 18.2. The average molecular weight is 462 g/mol. The summed E-state index contributed by atoms with van der Waals surface area (Å²) in [5, 5.41) is 20.8. The molecule has 1 aliphatic rings. The number of aliphatic hydroxyl groups excluding tert-OH is 1. The average Bonchev–Trinajstić information content (AvgIpc) is 3.10. The molecular formula is C27H24ClNO4. The number of halogens is 1. The first-order valence-electron chi connectivity index (χ1n) is 10.8. The van der Waals surface area contributed by atoms with Gasteiger partial charge in [-0.3, -0.25) is 14.5 Å². The second-order valence-electron chi connectivity index (χ2n) is 7.98. The number of aromatic hydroxyl groups is 1. The third-order valence-electron chi connectivity index (χ3n) is 5.90. The van der Waals surface area contributed by atoms with Crippen molar-refractivity contribution in [2.75, 3.05) is 4.90 Å². The molecular weight excluding hydrogens is 438 g/mol. The second-order valence-corrected chi connectivity index (χ2v) is 8.39. The van der Waals surface area contributed by atoms with E-state index in [-0.39, 0.29) is 28.5 Å². The van der Waals surface area contributed by atoms with Gasteiger partial charge in [0.2, 0.25) is 0 Å².